The zero-order valence-electron chi connectivity index (χ0n) is 7.44. The Labute approximate surface area is 77.4 Å². The summed E-state index contributed by atoms with van der Waals surface area (Å²) < 4.78 is 0. The Morgan fingerprint density at radius 2 is 1.85 bits per heavy atom. The van der Waals surface area contributed by atoms with E-state index < -0.39 is 0 Å². The number of hydrogen-bond acceptors (Lipinski definition) is 3. The van der Waals surface area contributed by atoms with Crippen LogP contribution in [0.3, 0.4) is 0 Å². The molecule has 1 aromatic rings. The van der Waals surface area contributed by atoms with Crippen LogP contribution in [0.5, 0.6) is 5.75 Å². The Bertz CT molecular complexity index is 256. The Hall–Kier alpha value is -1.38. The molecule has 0 spiro atoms. The van der Waals surface area contributed by atoms with Gasteiger partial charge in [0.1, 0.15) is 5.75 Å². The molecule has 0 amide bonds. The first-order chi connectivity index (χ1) is 6.33. The molecule has 0 saturated carbocycles. The lowest BCUT2D eigenvalue weighted by Crippen LogP contribution is -1.86. The molecule has 0 aliphatic rings. The molecule has 0 radical (unpaired) electrons. The van der Waals surface area contributed by atoms with E-state index in [2.05, 4.69) is 5.18 Å². The largest absolute Gasteiger partial charge is 0.508 e. The van der Waals surface area contributed by atoms with Crippen molar-refractivity contribution in [2.75, 3.05) is 6.54 Å². The molecule has 0 unspecified atom stereocenters. The van der Waals surface area contributed by atoms with Crippen LogP contribution in [0.25, 0.3) is 0 Å². The highest BCUT2D eigenvalue weighted by Crippen LogP contribution is 2.11. The standard InChI is InChI=1S/C10H13NO2/c12-10-6-4-9(5-7-10)3-1-2-8-11-13/h4-7,12H,1-3,8H2. The van der Waals surface area contributed by atoms with Gasteiger partial charge >= 0.3 is 0 Å². The summed E-state index contributed by atoms with van der Waals surface area (Å²) in [6.07, 6.45) is 2.75. The number of nitroso groups, excluding NO2 is 1. The van der Waals surface area contributed by atoms with Gasteiger partial charge in [-0.15, -0.1) is 0 Å². The molecule has 0 aromatic heterocycles. The molecule has 0 aliphatic carbocycles. The molecule has 0 bridgehead atoms. The second-order valence-corrected chi connectivity index (χ2v) is 2.98. The molecule has 0 saturated heterocycles. The van der Waals surface area contributed by atoms with Gasteiger partial charge in [0.25, 0.3) is 0 Å². The summed E-state index contributed by atoms with van der Waals surface area (Å²) in [6.45, 7) is 0.401. The number of rotatable bonds is 5. The minimum atomic E-state index is 0.290. The lowest BCUT2D eigenvalue weighted by Gasteiger charge is -1.99. The maximum Gasteiger partial charge on any atom is 0.115 e. The molecule has 0 aliphatic heterocycles. The van der Waals surface area contributed by atoms with Gasteiger partial charge < -0.3 is 5.11 Å². The molecule has 13 heavy (non-hydrogen) atoms. The van der Waals surface area contributed by atoms with Crippen molar-refractivity contribution in [2.45, 2.75) is 19.3 Å². The number of phenolic OH excluding ortho intramolecular Hbond substituents is 1. The summed E-state index contributed by atoms with van der Waals surface area (Å²) in [5.41, 5.74) is 1.18. The summed E-state index contributed by atoms with van der Waals surface area (Å²) in [6, 6.07) is 7.13. The zero-order valence-corrected chi connectivity index (χ0v) is 7.44. The van der Waals surface area contributed by atoms with Crippen molar-refractivity contribution in [3.05, 3.63) is 34.7 Å². The molecule has 1 rings (SSSR count). The van der Waals surface area contributed by atoms with Crippen molar-refractivity contribution in [1.29, 1.82) is 0 Å². The van der Waals surface area contributed by atoms with Crippen molar-refractivity contribution in [2.24, 2.45) is 5.18 Å². The molecular weight excluding hydrogens is 166 g/mol. The number of aromatic hydroxyl groups is 1. The van der Waals surface area contributed by atoms with Crippen molar-refractivity contribution < 1.29 is 5.11 Å². The van der Waals surface area contributed by atoms with E-state index in [4.69, 9.17) is 5.11 Å². The topological polar surface area (TPSA) is 49.7 Å². The van der Waals surface area contributed by atoms with Crippen LogP contribution in [0.15, 0.2) is 29.4 Å². The third-order valence-corrected chi connectivity index (χ3v) is 1.90. The minimum absolute atomic E-state index is 0.290. The lowest BCUT2D eigenvalue weighted by atomic mass is 10.1. The first-order valence-electron chi connectivity index (χ1n) is 4.40. The van der Waals surface area contributed by atoms with E-state index in [1.54, 1.807) is 12.1 Å². The molecule has 0 heterocycles. The maximum atomic E-state index is 9.78. The van der Waals surface area contributed by atoms with Crippen LogP contribution in [-0.4, -0.2) is 11.7 Å². The van der Waals surface area contributed by atoms with Crippen molar-refractivity contribution in [3.8, 4) is 5.75 Å². The van der Waals surface area contributed by atoms with E-state index in [0.717, 1.165) is 19.3 Å². The molecule has 3 nitrogen and oxygen atoms in total. The van der Waals surface area contributed by atoms with Gasteiger partial charge in [-0.3, -0.25) is 0 Å². The number of benzene rings is 1. The summed E-state index contributed by atoms with van der Waals surface area (Å²) >= 11 is 0. The highest BCUT2D eigenvalue weighted by Gasteiger charge is 1.93. The van der Waals surface area contributed by atoms with Crippen LogP contribution >= 0.6 is 0 Å². The van der Waals surface area contributed by atoms with Crippen molar-refractivity contribution in [3.63, 3.8) is 0 Å². The second-order valence-electron chi connectivity index (χ2n) is 2.98. The summed E-state index contributed by atoms with van der Waals surface area (Å²) in [5, 5.41) is 11.8. The van der Waals surface area contributed by atoms with Crippen molar-refractivity contribution >= 4 is 0 Å². The van der Waals surface area contributed by atoms with Gasteiger partial charge in [-0.05, 0) is 37.0 Å². The predicted molar refractivity (Wildman–Crippen MR) is 51.7 cm³/mol. The highest BCUT2D eigenvalue weighted by atomic mass is 16.3. The third kappa shape index (κ3) is 3.69. The van der Waals surface area contributed by atoms with Gasteiger partial charge in [-0.1, -0.05) is 17.3 Å². The van der Waals surface area contributed by atoms with Crippen LogP contribution in [0, 0.1) is 4.91 Å². The van der Waals surface area contributed by atoms with Crippen LogP contribution < -0.4 is 0 Å². The second kappa shape index (κ2) is 5.30. The summed E-state index contributed by atoms with van der Waals surface area (Å²) in [5.74, 6) is 0.290. The fourth-order valence-corrected chi connectivity index (χ4v) is 1.17. The molecule has 1 N–H and O–H groups in total. The maximum absolute atomic E-state index is 9.78. The Balaban J connectivity index is 2.28. The van der Waals surface area contributed by atoms with Crippen LogP contribution in [-0.2, 0) is 6.42 Å². The van der Waals surface area contributed by atoms with Crippen LogP contribution in [0.2, 0.25) is 0 Å². The fourth-order valence-electron chi connectivity index (χ4n) is 1.17. The monoisotopic (exact) mass is 179 g/mol. The average molecular weight is 179 g/mol. The molecular formula is C10H13NO2. The fraction of sp³-hybridized carbons (Fsp3) is 0.400. The van der Waals surface area contributed by atoms with E-state index in [0.29, 0.717) is 12.3 Å². The van der Waals surface area contributed by atoms with Crippen LogP contribution in [0.4, 0.5) is 0 Å². The van der Waals surface area contributed by atoms with E-state index in [-0.39, 0.29) is 0 Å². The lowest BCUT2D eigenvalue weighted by molar-refractivity contribution is 0.475. The van der Waals surface area contributed by atoms with Gasteiger partial charge in [0.15, 0.2) is 0 Å². The predicted octanol–water partition coefficient (Wildman–Crippen LogP) is 2.48. The molecule has 70 valence electrons. The number of unbranched alkanes of at least 4 members (excludes halogenated alkanes) is 1. The Morgan fingerprint density at radius 3 is 2.46 bits per heavy atom. The smallest absolute Gasteiger partial charge is 0.115 e. The minimum Gasteiger partial charge on any atom is -0.508 e. The van der Waals surface area contributed by atoms with E-state index in [1.807, 2.05) is 12.1 Å². The normalized spacial score (nSPS) is 9.85. The third-order valence-electron chi connectivity index (χ3n) is 1.90. The molecule has 1 aromatic carbocycles. The number of phenols is 1. The number of hydrogen-bond donors (Lipinski definition) is 1. The first-order valence-corrected chi connectivity index (χ1v) is 4.40. The molecule has 0 atom stereocenters. The average Bonchev–Trinajstić information content (AvgIpc) is 2.15. The highest BCUT2D eigenvalue weighted by molar-refractivity contribution is 5.25. The molecule has 0 fully saturated rings. The zero-order chi connectivity index (χ0) is 9.52. The number of aryl methyl sites for hydroxylation is 1. The van der Waals surface area contributed by atoms with Gasteiger partial charge in [-0.2, -0.15) is 4.91 Å². The SMILES string of the molecule is O=NCCCCc1ccc(O)cc1. The first kappa shape index (κ1) is 9.71. The van der Waals surface area contributed by atoms with E-state index >= 15 is 0 Å². The van der Waals surface area contributed by atoms with Gasteiger partial charge in [0, 0.05) is 0 Å². The quantitative estimate of drug-likeness (QED) is 0.557. The van der Waals surface area contributed by atoms with E-state index in [9.17, 15) is 4.91 Å². The molecule has 3 heteroatoms. The van der Waals surface area contributed by atoms with Crippen molar-refractivity contribution in [1.82, 2.24) is 0 Å². The van der Waals surface area contributed by atoms with E-state index in [1.165, 1.54) is 5.56 Å². The summed E-state index contributed by atoms with van der Waals surface area (Å²) in [4.78, 5) is 9.78. The Kier molecular flexibility index (Phi) is 3.96. The van der Waals surface area contributed by atoms with Crippen LogP contribution in [0.1, 0.15) is 18.4 Å². The number of nitrogens with zero attached hydrogens (tertiary/aromatic N) is 1. The van der Waals surface area contributed by atoms with Gasteiger partial charge in [-0.25, -0.2) is 0 Å². The Morgan fingerprint density at radius 1 is 1.15 bits per heavy atom. The summed E-state index contributed by atoms with van der Waals surface area (Å²) in [7, 11) is 0. The van der Waals surface area contributed by atoms with Gasteiger partial charge in [0.05, 0.1) is 6.54 Å². The van der Waals surface area contributed by atoms with Gasteiger partial charge in [0.2, 0.25) is 0 Å².